The van der Waals surface area contributed by atoms with Crippen LogP contribution < -0.4 is 5.32 Å². The maximum atomic E-state index is 13.1. The van der Waals surface area contributed by atoms with Crippen molar-refractivity contribution in [3.8, 4) is 0 Å². The summed E-state index contributed by atoms with van der Waals surface area (Å²) < 4.78 is 47.8. The highest BCUT2D eigenvalue weighted by Gasteiger charge is 2.48. The molecule has 1 amide bonds. The van der Waals surface area contributed by atoms with Gasteiger partial charge in [0.2, 0.25) is 5.91 Å². The molecule has 6 N–H and O–H groups in total. The van der Waals surface area contributed by atoms with Crippen LogP contribution in [0.25, 0.3) is 0 Å². The summed E-state index contributed by atoms with van der Waals surface area (Å²) in [6.07, 6.45) is 43.9. The minimum atomic E-state index is -5.09. The number of carbonyl (C=O) groups excluding carboxylic acids is 1. The number of hydrogen-bond donors (Lipinski definition) is 6. The van der Waals surface area contributed by atoms with Crippen LogP contribution >= 0.6 is 0 Å². The van der Waals surface area contributed by atoms with Gasteiger partial charge in [0.1, 0.15) is 24.4 Å². The molecule has 0 saturated carbocycles. The number of carbonyl (C=O) groups is 1. The molecule has 7 atom stereocenters. The van der Waals surface area contributed by atoms with Crippen LogP contribution in [0, 0.1) is 0 Å². The number of ether oxygens (including phenoxy) is 2. The average molecular weight is 976 g/mol. The molecule has 0 aliphatic carbocycles. The lowest BCUT2D eigenvalue weighted by atomic mass is 9.99. The van der Waals surface area contributed by atoms with Crippen LogP contribution in [0.3, 0.4) is 0 Å². The molecule has 0 radical (unpaired) electrons. The Balaban J connectivity index is 2.38. The van der Waals surface area contributed by atoms with Crippen LogP contribution in [-0.2, 0) is 28.9 Å². The second-order valence-electron chi connectivity index (χ2n) is 19.9. The molecular weight excluding hydrogens is 871 g/mol. The zero-order valence-corrected chi connectivity index (χ0v) is 43.8. The number of unbranched alkanes of at least 4 members (excludes halogenated alkanes) is 37. The van der Waals surface area contributed by atoms with E-state index in [9.17, 15) is 38.2 Å². The zero-order chi connectivity index (χ0) is 49.1. The standard InChI is InChI=1S/C54H105NO11S/c1-3-5-7-9-11-13-15-17-19-21-23-24-25-26-28-30-32-34-36-38-40-42-44-50(58)55-47(46-64-54-52(60)53(66-67(61,62)63)51(59)49(45-56)65-54)48(57)43-41-39-37-35-33-31-29-27-22-20-18-16-14-12-10-8-6-4-2/h41,43,47-49,51-54,56-57,59-60H,3-40,42,44-46H2,1-2H3,(H,55,58)(H,61,62,63)/b43-41+. The van der Waals surface area contributed by atoms with Gasteiger partial charge >= 0.3 is 10.4 Å². The first kappa shape index (κ1) is 63.9. The van der Waals surface area contributed by atoms with Crippen LogP contribution in [0.15, 0.2) is 12.2 Å². The van der Waals surface area contributed by atoms with Gasteiger partial charge in [-0.2, -0.15) is 8.42 Å². The maximum absolute atomic E-state index is 13.1. The molecule has 1 heterocycles. The first-order chi connectivity index (χ1) is 32.5. The first-order valence-corrected chi connectivity index (χ1v) is 29.4. The molecule has 1 aliphatic rings. The summed E-state index contributed by atoms with van der Waals surface area (Å²) >= 11 is 0. The topological polar surface area (TPSA) is 192 Å². The van der Waals surface area contributed by atoms with Gasteiger partial charge < -0.3 is 35.2 Å². The van der Waals surface area contributed by atoms with Gasteiger partial charge in [-0.15, -0.1) is 0 Å². The number of amides is 1. The van der Waals surface area contributed by atoms with Gasteiger partial charge in [0, 0.05) is 6.42 Å². The molecule has 12 nitrogen and oxygen atoms in total. The van der Waals surface area contributed by atoms with Crippen molar-refractivity contribution in [3.63, 3.8) is 0 Å². The van der Waals surface area contributed by atoms with Crippen LogP contribution in [0.4, 0.5) is 0 Å². The molecule has 1 aliphatic heterocycles. The zero-order valence-electron chi connectivity index (χ0n) is 43.0. The van der Waals surface area contributed by atoms with Crippen LogP contribution in [0.2, 0.25) is 0 Å². The van der Waals surface area contributed by atoms with E-state index in [0.717, 1.165) is 38.5 Å². The minimum absolute atomic E-state index is 0.256. The Bertz CT molecular complexity index is 1240. The number of hydrogen-bond acceptors (Lipinski definition) is 10. The largest absolute Gasteiger partial charge is 0.397 e. The highest BCUT2D eigenvalue weighted by atomic mass is 32.3. The van der Waals surface area contributed by atoms with Gasteiger partial charge in [-0.1, -0.05) is 257 Å². The Hall–Kier alpha value is -1.16. The lowest BCUT2D eigenvalue weighted by Crippen LogP contribution is -2.61. The molecule has 1 saturated heterocycles. The summed E-state index contributed by atoms with van der Waals surface area (Å²) in [6, 6.07) is -0.939. The summed E-state index contributed by atoms with van der Waals surface area (Å²) in [7, 11) is -5.09. The molecule has 7 unspecified atom stereocenters. The van der Waals surface area contributed by atoms with Crippen LogP contribution in [-0.4, -0.2) is 95.4 Å². The third kappa shape index (κ3) is 37.3. The average Bonchev–Trinajstić information content (AvgIpc) is 3.30. The second-order valence-corrected chi connectivity index (χ2v) is 20.9. The van der Waals surface area contributed by atoms with Gasteiger partial charge in [-0.05, 0) is 19.3 Å². The Morgan fingerprint density at radius 1 is 0.582 bits per heavy atom. The second kappa shape index (κ2) is 44.8. The third-order valence-corrected chi connectivity index (χ3v) is 14.0. The summed E-state index contributed by atoms with van der Waals surface area (Å²) in [5, 5.41) is 44.9. The van der Waals surface area contributed by atoms with Gasteiger partial charge in [-0.3, -0.25) is 9.35 Å². The van der Waals surface area contributed by atoms with Crippen molar-refractivity contribution in [1.29, 1.82) is 0 Å². The molecule has 1 fully saturated rings. The van der Waals surface area contributed by atoms with Gasteiger partial charge in [0.25, 0.3) is 0 Å². The highest BCUT2D eigenvalue weighted by Crippen LogP contribution is 2.26. The predicted molar refractivity (Wildman–Crippen MR) is 273 cm³/mol. The van der Waals surface area contributed by atoms with Crippen molar-refractivity contribution in [1.82, 2.24) is 5.32 Å². The van der Waals surface area contributed by atoms with Crippen molar-refractivity contribution in [2.75, 3.05) is 13.2 Å². The van der Waals surface area contributed by atoms with Crippen LogP contribution in [0.1, 0.15) is 271 Å². The van der Waals surface area contributed by atoms with Crippen molar-refractivity contribution in [2.45, 2.75) is 314 Å². The summed E-state index contributed by atoms with van der Waals surface area (Å²) in [6.45, 7) is 3.43. The molecule has 67 heavy (non-hydrogen) atoms. The highest BCUT2D eigenvalue weighted by molar-refractivity contribution is 7.80. The number of rotatable bonds is 49. The molecule has 0 aromatic carbocycles. The summed E-state index contributed by atoms with van der Waals surface area (Å²) in [4.78, 5) is 13.1. The maximum Gasteiger partial charge on any atom is 0.397 e. The Labute approximate surface area is 410 Å². The fourth-order valence-corrected chi connectivity index (χ4v) is 9.73. The van der Waals surface area contributed by atoms with E-state index in [1.54, 1.807) is 6.08 Å². The normalized spacial score (nSPS) is 19.9. The van der Waals surface area contributed by atoms with E-state index < -0.39 is 59.9 Å². The van der Waals surface area contributed by atoms with E-state index in [4.69, 9.17) is 9.47 Å². The predicted octanol–water partition coefficient (Wildman–Crippen LogP) is 12.7. The van der Waals surface area contributed by atoms with E-state index in [1.807, 2.05) is 6.08 Å². The Kier molecular flexibility index (Phi) is 42.7. The minimum Gasteiger partial charge on any atom is -0.394 e. The van der Waals surface area contributed by atoms with Crippen molar-refractivity contribution in [3.05, 3.63) is 12.2 Å². The van der Waals surface area contributed by atoms with E-state index in [1.165, 1.54) is 205 Å². The van der Waals surface area contributed by atoms with E-state index in [0.29, 0.717) is 6.42 Å². The molecule has 1 rings (SSSR count). The Morgan fingerprint density at radius 3 is 1.30 bits per heavy atom. The van der Waals surface area contributed by atoms with Crippen molar-refractivity contribution < 1.29 is 51.8 Å². The summed E-state index contributed by atoms with van der Waals surface area (Å²) in [5.41, 5.74) is 0. The summed E-state index contributed by atoms with van der Waals surface area (Å²) in [5.74, 6) is -0.256. The third-order valence-electron chi connectivity index (χ3n) is 13.6. The molecule has 13 heteroatoms. The quantitative estimate of drug-likeness (QED) is 0.0193. The van der Waals surface area contributed by atoms with E-state index >= 15 is 0 Å². The Morgan fingerprint density at radius 2 is 0.940 bits per heavy atom. The smallest absolute Gasteiger partial charge is 0.394 e. The van der Waals surface area contributed by atoms with Gasteiger partial charge in [0.15, 0.2) is 6.29 Å². The molecule has 0 aromatic heterocycles. The lowest BCUT2D eigenvalue weighted by molar-refractivity contribution is -0.298. The number of aliphatic hydroxyl groups excluding tert-OH is 4. The monoisotopic (exact) mass is 976 g/mol. The SMILES string of the molecule is CCCCCCCCCCCCCCCCCC/C=C/C(O)C(COC1OC(CO)C(O)C(OS(=O)(=O)O)C1O)NC(=O)CCCCCCCCCCCCCCCCCCCCCCCC. The first-order valence-electron chi connectivity index (χ1n) is 28.1. The van der Waals surface area contributed by atoms with Crippen molar-refractivity contribution >= 4 is 16.3 Å². The van der Waals surface area contributed by atoms with Gasteiger partial charge in [0.05, 0.1) is 25.4 Å². The molecule has 398 valence electrons. The lowest BCUT2D eigenvalue weighted by Gasteiger charge is -2.41. The molecule has 0 bridgehead atoms. The molecular formula is C54H105NO11S. The molecule has 0 spiro atoms. The fourth-order valence-electron chi connectivity index (χ4n) is 9.22. The van der Waals surface area contributed by atoms with Crippen molar-refractivity contribution in [2.24, 2.45) is 0 Å². The van der Waals surface area contributed by atoms with E-state index in [2.05, 4.69) is 23.3 Å². The molecule has 0 aromatic rings. The van der Waals surface area contributed by atoms with Gasteiger partial charge in [-0.25, -0.2) is 4.18 Å². The van der Waals surface area contributed by atoms with E-state index in [-0.39, 0.29) is 18.9 Å². The number of nitrogens with one attached hydrogen (secondary N) is 1. The number of allylic oxidation sites excluding steroid dienone is 1. The van der Waals surface area contributed by atoms with Crippen LogP contribution in [0.5, 0.6) is 0 Å². The fraction of sp³-hybridized carbons (Fsp3) is 0.944. The number of aliphatic hydroxyl groups is 4.